The number of piperazine rings is 1. The summed E-state index contributed by atoms with van der Waals surface area (Å²) >= 11 is 7.85. The Kier molecular flexibility index (Phi) is 6.18. The summed E-state index contributed by atoms with van der Waals surface area (Å²) in [4.78, 5) is 21.1. The molecule has 0 spiro atoms. The fourth-order valence-corrected chi connectivity index (χ4v) is 7.40. The highest BCUT2D eigenvalue weighted by atomic mass is 35.5. The summed E-state index contributed by atoms with van der Waals surface area (Å²) in [5.41, 5.74) is 3.60. The molecule has 2 aliphatic rings. The first-order chi connectivity index (χ1) is 18.7. The van der Waals surface area contributed by atoms with Gasteiger partial charge in [-0.3, -0.25) is 18.7 Å². The molecule has 0 bridgehead atoms. The standard InChI is InChI=1S/C29H29ClN6OS/c30-21-10-12-22(13-11-21)34-16-14-33(15-17-34)19-25-31-32-29-35(18-20-6-2-1-3-7-20)27(37)26-23-8-4-5-9-24(23)38-28(26)36(25)29/h1-3,6-7,10-13H,4-5,8-9,14-19H2. The van der Waals surface area contributed by atoms with Crippen molar-refractivity contribution in [3.63, 3.8) is 0 Å². The zero-order valence-corrected chi connectivity index (χ0v) is 22.7. The first-order valence-corrected chi connectivity index (χ1v) is 14.5. The Morgan fingerprint density at radius 3 is 2.42 bits per heavy atom. The molecule has 7 rings (SSSR count). The summed E-state index contributed by atoms with van der Waals surface area (Å²) in [7, 11) is 0. The Labute approximate surface area is 229 Å². The SMILES string of the molecule is O=c1c2c3c(sc2n2c(CN4CCN(c5ccc(Cl)cc5)CC4)nnc2n1Cc1ccccc1)CCCC3. The number of hydrogen-bond donors (Lipinski definition) is 0. The van der Waals surface area contributed by atoms with Crippen LogP contribution in [0.5, 0.6) is 0 Å². The minimum atomic E-state index is 0.0614. The molecule has 194 valence electrons. The van der Waals surface area contributed by atoms with Crippen molar-refractivity contribution in [2.45, 2.75) is 38.8 Å². The number of hydrogen-bond acceptors (Lipinski definition) is 6. The highest BCUT2D eigenvalue weighted by Gasteiger charge is 2.26. The first-order valence-electron chi connectivity index (χ1n) is 13.3. The zero-order valence-electron chi connectivity index (χ0n) is 21.1. The second-order valence-corrected chi connectivity index (χ2v) is 11.8. The lowest BCUT2D eigenvalue weighted by molar-refractivity contribution is 0.243. The van der Waals surface area contributed by atoms with Crippen LogP contribution in [0.25, 0.3) is 16.0 Å². The number of rotatable bonds is 5. The van der Waals surface area contributed by atoms with Crippen molar-refractivity contribution in [1.29, 1.82) is 0 Å². The molecule has 1 saturated heterocycles. The molecule has 0 radical (unpaired) electrons. The maximum atomic E-state index is 13.9. The van der Waals surface area contributed by atoms with E-state index >= 15 is 0 Å². The first kappa shape index (κ1) is 23.9. The van der Waals surface area contributed by atoms with Gasteiger partial charge in [0.2, 0.25) is 5.78 Å². The Morgan fingerprint density at radius 2 is 1.63 bits per heavy atom. The fourth-order valence-electron chi connectivity index (χ4n) is 5.87. The van der Waals surface area contributed by atoms with E-state index in [4.69, 9.17) is 11.6 Å². The van der Waals surface area contributed by atoms with Crippen LogP contribution in [-0.2, 0) is 25.9 Å². The molecule has 7 nitrogen and oxygen atoms in total. The molecule has 2 aromatic carbocycles. The van der Waals surface area contributed by atoms with Crippen molar-refractivity contribution in [2.24, 2.45) is 0 Å². The smallest absolute Gasteiger partial charge is 0.264 e. The quantitative estimate of drug-likeness (QED) is 0.311. The van der Waals surface area contributed by atoms with Crippen LogP contribution in [0.4, 0.5) is 5.69 Å². The van der Waals surface area contributed by atoms with Gasteiger partial charge >= 0.3 is 0 Å². The number of nitrogens with zero attached hydrogens (tertiary/aromatic N) is 6. The maximum Gasteiger partial charge on any atom is 0.264 e. The van der Waals surface area contributed by atoms with E-state index in [1.807, 2.05) is 34.9 Å². The van der Waals surface area contributed by atoms with Gasteiger partial charge in [-0.05, 0) is 61.1 Å². The lowest BCUT2D eigenvalue weighted by Crippen LogP contribution is -2.46. The van der Waals surface area contributed by atoms with Gasteiger partial charge in [-0.1, -0.05) is 41.9 Å². The van der Waals surface area contributed by atoms with Gasteiger partial charge in [0, 0.05) is 41.8 Å². The molecule has 0 saturated carbocycles. The monoisotopic (exact) mass is 544 g/mol. The van der Waals surface area contributed by atoms with Gasteiger partial charge in [0.25, 0.3) is 5.56 Å². The molecule has 0 amide bonds. The number of fused-ring (bicyclic) bond motifs is 5. The predicted octanol–water partition coefficient (Wildman–Crippen LogP) is 5.01. The zero-order chi connectivity index (χ0) is 25.6. The molecule has 5 aromatic rings. The number of benzene rings is 2. The normalized spacial score (nSPS) is 16.4. The summed E-state index contributed by atoms with van der Waals surface area (Å²) in [6.45, 7) is 4.95. The summed E-state index contributed by atoms with van der Waals surface area (Å²) in [6.07, 6.45) is 4.36. The van der Waals surface area contributed by atoms with E-state index in [-0.39, 0.29) is 5.56 Å². The van der Waals surface area contributed by atoms with Crippen LogP contribution in [-0.4, -0.2) is 50.2 Å². The number of thiophene rings is 1. The van der Waals surface area contributed by atoms with E-state index in [1.54, 1.807) is 11.3 Å². The van der Waals surface area contributed by atoms with E-state index in [1.165, 1.54) is 22.5 Å². The van der Waals surface area contributed by atoms with Gasteiger partial charge in [0.15, 0.2) is 5.82 Å². The van der Waals surface area contributed by atoms with Gasteiger partial charge in [-0.2, -0.15) is 0 Å². The predicted molar refractivity (Wildman–Crippen MR) is 154 cm³/mol. The third-order valence-electron chi connectivity index (χ3n) is 7.88. The van der Waals surface area contributed by atoms with E-state index in [9.17, 15) is 4.79 Å². The minimum absolute atomic E-state index is 0.0614. The molecule has 0 atom stereocenters. The van der Waals surface area contributed by atoms with Crippen molar-refractivity contribution in [1.82, 2.24) is 24.1 Å². The van der Waals surface area contributed by atoms with Gasteiger partial charge in [-0.25, -0.2) is 0 Å². The van der Waals surface area contributed by atoms with Crippen molar-refractivity contribution >= 4 is 44.6 Å². The van der Waals surface area contributed by atoms with Crippen molar-refractivity contribution in [3.8, 4) is 0 Å². The van der Waals surface area contributed by atoms with Crippen LogP contribution < -0.4 is 10.5 Å². The van der Waals surface area contributed by atoms with E-state index in [2.05, 4.69) is 48.7 Å². The highest BCUT2D eigenvalue weighted by molar-refractivity contribution is 7.18. The summed E-state index contributed by atoms with van der Waals surface area (Å²) in [5, 5.41) is 10.9. The molecule has 3 aromatic heterocycles. The fraction of sp³-hybridized carbons (Fsp3) is 0.345. The summed E-state index contributed by atoms with van der Waals surface area (Å²) in [5.74, 6) is 1.55. The van der Waals surface area contributed by atoms with Crippen molar-refractivity contribution in [2.75, 3.05) is 31.1 Å². The number of aryl methyl sites for hydroxylation is 2. The van der Waals surface area contributed by atoms with Gasteiger partial charge in [0.05, 0.1) is 18.5 Å². The number of halogens is 1. The largest absolute Gasteiger partial charge is 0.369 e. The average Bonchev–Trinajstić information content (AvgIpc) is 3.54. The molecule has 9 heteroatoms. The lowest BCUT2D eigenvalue weighted by atomic mass is 9.97. The molecule has 0 N–H and O–H groups in total. The van der Waals surface area contributed by atoms with Gasteiger partial charge < -0.3 is 4.90 Å². The lowest BCUT2D eigenvalue weighted by Gasteiger charge is -2.35. The third kappa shape index (κ3) is 4.21. The third-order valence-corrected chi connectivity index (χ3v) is 9.41. The number of anilines is 1. The van der Waals surface area contributed by atoms with Crippen LogP contribution >= 0.6 is 22.9 Å². The van der Waals surface area contributed by atoms with Gasteiger partial charge in [0.1, 0.15) is 4.83 Å². The Balaban J connectivity index is 1.25. The van der Waals surface area contributed by atoms with Crippen LogP contribution in [0.15, 0.2) is 59.4 Å². The minimum Gasteiger partial charge on any atom is -0.369 e. The number of aromatic nitrogens is 4. The van der Waals surface area contributed by atoms with E-state index in [0.717, 1.165) is 72.1 Å². The van der Waals surface area contributed by atoms with E-state index in [0.29, 0.717) is 18.9 Å². The molecule has 1 aliphatic heterocycles. The Bertz CT molecular complexity index is 1670. The molecule has 1 fully saturated rings. The second-order valence-electron chi connectivity index (χ2n) is 10.3. The molecular weight excluding hydrogens is 516 g/mol. The molecule has 1 aliphatic carbocycles. The Hall–Kier alpha value is -3.20. The molecule has 0 unspecified atom stereocenters. The topological polar surface area (TPSA) is 58.7 Å². The van der Waals surface area contributed by atoms with Crippen molar-refractivity contribution in [3.05, 3.63) is 91.8 Å². The molecule has 4 heterocycles. The van der Waals surface area contributed by atoms with Crippen LogP contribution in [0.2, 0.25) is 5.02 Å². The van der Waals surface area contributed by atoms with Crippen LogP contribution in [0.3, 0.4) is 0 Å². The van der Waals surface area contributed by atoms with E-state index < -0.39 is 0 Å². The molecular formula is C29H29ClN6OS. The molecule has 38 heavy (non-hydrogen) atoms. The van der Waals surface area contributed by atoms with Crippen molar-refractivity contribution < 1.29 is 0 Å². The van der Waals surface area contributed by atoms with Gasteiger partial charge in [-0.15, -0.1) is 21.5 Å². The summed E-state index contributed by atoms with van der Waals surface area (Å²) in [6, 6.07) is 18.2. The second kappa shape index (κ2) is 9.84. The Morgan fingerprint density at radius 1 is 0.868 bits per heavy atom. The maximum absolute atomic E-state index is 13.9. The van der Waals surface area contributed by atoms with Crippen LogP contribution in [0.1, 0.15) is 34.7 Å². The van der Waals surface area contributed by atoms with Crippen LogP contribution in [0, 0.1) is 0 Å². The summed E-state index contributed by atoms with van der Waals surface area (Å²) < 4.78 is 4.00. The average molecular weight is 545 g/mol. The highest BCUT2D eigenvalue weighted by Crippen LogP contribution is 2.35.